The number of nitro benzene ring substituents is 1. The summed E-state index contributed by atoms with van der Waals surface area (Å²) in [6.07, 6.45) is 1.04. The third-order valence-corrected chi connectivity index (χ3v) is 6.18. The highest BCUT2D eigenvalue weighted by molar-refractivity contribution is 7.19. The van der Waals surface area contributed by atoms with Gasteiger partial charge in [0.2, 0.25) is 4.96 Å². The molecule has 4 aromatic rings. The molecule has 2 aromatic carbocycles. The van der Waals surface area contributed by atoms with Crippen LogP contribution in [0.5, 0.6) is 0 Å². The van der Waals surface area contributed by atoms with Crippen molar-refractivity contribution in [3.63, 3.8) is 0 Å². The lowest BCUT2D eigenvalue weighted by atomic mass is 9.96. The van der Waals surface area contributed by atoms with Gasteiger partial charge in [0.1, 0.15) is 5.01 Å². The van der Waals surface area contributed by atoms with Crippen LogP contribution in [0.1, 0.15) is 43.6 Å². The highest BCUT2D eigenvalue weighted by Gasteiger charge is 2.21. The Morgan fingerprint density at radius 2 is 1.87 bits per heavy atom. The van der Waals surface area contributed by atoms with Crippen LogP contribution < -0.4 is 0 Å². The van der Waals surface area contributed by atoms with Crippen LogP contribution >= 0.6 is 22.9 Å². The number of fused-ring (bicyclic) bond motifs is 1. The van der Waals surface area contributed by atoms with Gasteiger partial charge in [-0.2, -0.15) is 9.61 Å². The van der Waals surface area contributed by atoms with E-state index in [0.29, 0.717) is 32.3 Å². The predicted molar refractivity (Wildman–Crippen MR) is 118 cm³/mol. The summed E-state index contributed by atoms with van der Waals surface area (Å²) in [6, 6.07) is 12.9. The summed E-state index contributed by atoms with van der Waals surface area (Å²) < 4.78 is 1.70. The molecule has 1 atom stereocenters. The van der Waals surface area contributed by atoms with E-state index >= 15 is 0 Å². The Balaban J connectivity index is 1.68. The monoisotopic (exact) mass is 441 g/mol. The van der Waals surface area contributed by atoms with Crippen molar-refractivity contribution >= 4 is 33.6 Å². The summed E-state index contributed by atoms with van der Waals surface area (Å²) in [5.41, 5.74) is 2.91. The van der Waals surface area contributed by atoms with E-state index in [4.69, 9.17) is 11.6 Å². The van der Waals surface area contributed by atoms with Gasteiger partial charge in [0, 0.05) is 23.6 Å². The van der Waals surface area contributed by atoms with E-state index in [1.165, 1.54) is 35.1 Å². The number of halogens is 1. The second-order valence-electron chi connectivity index (χ2n) is 7.64. The van der Waals surface area contributed by atoms with E-state index in [9.17, 15) is 10.1 Å². The number of nitro groups is 1. The number of hydrogen-bond acceptors (Lipinski definition) is 6. The van der Waals surface area contributed by atoms with Crippen LogP contribution in [0.2, 0.25) is 5.02 Å². The van der Waals surface area contributed by atoms with Crippen LogP contribution in [0.3, 0.4) is 0 Å². The molecule has 0 N–H and O–H groups in total. The first-order valence-electron chi connectivity index (χ1n) is 9.58. The van der Waals surface area contributed by atoms with Gasteiger partial charge in [-0.3, -0.25) is 10.1 Å². The normalized spacial score (nSPS) is 12.6. The van der Waals surface area contributed by atoms with Gasteiger partial charge in [-0.25, -0.2) is 0 Å². The van der Waals surface area contributed by atoms with Crippen molar-refractivity contribution in [2.24, 2.45) is 5.92 Å². The van der Waals surface area contributed by atoms with Gasteiger partial charge in [0.15, 0.2) is 5.82 Å². The number of non-ortho nitro benzene ring substituents is 1. The zero-order chi connectivity index (χ0) is 21.4. The molecule has 2 aromatic heterocycles. The average Bonchev–Trinajstić information content (AvgIpc) is 3.28. The highest BCUT2D eigenvalue weighted by atomic mass is 35.5. The van der Waals surface area contributed by atoms with Crippen molar-refractivity contribution < 1.29 is 4.92 Å². The zero-order valence-electron chi connectivity index (χ0n) is 16.7. The standard InChI is InChI=1S/C21H20ClN5O2S/c1-12(2)10-14-4-6-15(7-5-14)13(3)19-23-24-21-26(19)25-20(30-21)17-11-16(27(28)29)8-9-18(17)22/h4-9,11-13H,10H2,1-3H3. The van der Waals surface area contributed by atoms with Gasteiger partial charge in [-0.1, -0.05) is 68.0 Å². The molecule has 0 bridgehead atoms. The maximum atomic E-state index is 11.1. The second kappa shape index (κ2) is 8.12. The summed E-state index contributed by atoms with van der Waals surface area (Å²) in [7, 11) is 0. The van der Waals surface area contributed by atoms with Crippen LogP contribution in [-0.2, 0) is 6.42 Å². The fourth-order valence-corrected chi connectivity index (χ4v) is 4.50. The van der Waals surface area contributed by atoms with Crippen LogP contribution in [-0.4, -0.2) is 24.7 Å². The van der Waals surface area contributed by atoms with Gasteiger partial charge in [-0.15, -0.1) is 10.2 Å². The number of benzene rings is 2. The predicted octanol–water partition coefficient (Wildman–Crippen LogP) is 5.76. The van der Waals surface area contributed by atoms with Crippen molar-refractivity contribution in [3.8, 4) is 10.6 Å². The van der Waals surface area contributed by atoms with Gasteiger partial charge in [0.05, 0.1) is 9.95 Å². The fraction of sp³-hybridized carbons (Fsp3) is 0.286. The Bertz CT molecular complexity index is 1220. The van der Waals surface area contributed by atoms with Crippen molar-refractivity contribution in [2.75, 3.05) is 0 Å². The molecule has 0 aliphatic rings. The summed E-state index contributed by atoms with van der Waals surface area (Å²) in [5, 5.41) is 25.3. The van der Waals surface area contributed by atoms with Crippen LogP contribution in [0.4, 0.5) is 5.69 Å². The maximum absolute atomic E-state index is 11.1. The lowest BCUT2D eigenvalue weighted by Gasteiger charge is -2.11. The first-order valence-corrected chi connectivity index (χ1v) is 10.8. The van der Waals surface area contributed by atoms with Crippen molar-refractivity contribution in [1.29, 1.82) is 0 Å². The Morgan fingerprint density at radius 3 is 2.53 bits per heavy atom. The molecule has 0 aliphatic heterocycles. The topological polar surface area (TPSA) is 86.2 Å². The molecule has 0 amide bonds. The summed E-state index contributed by atoms with van der Waals surface area (Å²) in [4.78, 5) is 11.3. The van der Waals surface area contributed by atoms with Crippen LogP contribution in [0, 0.1) is 16.0 Å². The molecule has 0 spiro atoms. The summed E-state index contributed by atoms with van der Waals surface area (Å²) in [5.74, 6) is 1.31. The molecule has 1 unspecified atom stereocenters. The van der Waals surface area contributed by atoms with Crippen LogP contribution in [0.25, 0.3) is 15.5 Å². The lowest BCUT2D eigenvalue weighted by Crippen LogP contribution is -2.04. The lowest BCUT2D eigenvalue weighted by molar-refractivity contribution is -0.384. The Kier molecular flexibility index (Phi) is 5.53. The van der Waals surface area contributed by atoms with E-state index < -0.39 is 4.92 Å². The molecule has 0 aliphatic carbocycles. The molecule has 7 nitrogen and oxygen atoms in total. The number of rotatable bonds is 6. The third-order valence-electron chi connectivity index (χ3n) is 4.92. The first kappa shape index (κ1) is 20.4. The van der Waals surface area contributed by atoms with E-state index in [2.05, 4.69) is 60.3 Å². The Labute approximate surface area is 182 Å². The van der Waals surface area contributed by atoms with Gasteiger partial charge in [-0.05, 0) is 29.5 Å². The quantitative estimate of drug-likeness (QED) is 0.280. The smallest absolute Gasteiger partial charge is 0.258 e. The minimum Gasteiger partial charge on any atom is -0.258 e. The highest BCUT2D eigenvalue weighted by Crippen LogP contribution is 2.35. The Hall–Kier alpha value is -2.84. The van der Waals surface area contributed by atoms with Crippen molar-refractivity contribution in [2.45, 2.75) is 33.1 Å². The molecule has 9 heteroatoms. The maximum Gasteiger partial charge on any atom is 0.270 e. The summed E-state index contributed by atoms with van der Waals surface area (Å²) in [6.45, 7) is 6.47. The van der Waals surface area contributed by atoms with Gasteiger partial charge < -0.3 is 0 Å². The largest absolute Gasteiger partial charge is 0.270 e. The van der Waals surface area contributed by atoms with Crippen molar-refractivity contribution in [1.82, 2.24) is 19.8 Å². The fourth-order valence-electron chi connectivity index (χ4n) is 3.36. The minimum atomic E-state index is -0.448. The molecular weight excluding hydrogens is 422 g/mol. The molecule has 0 saturated heterocycles. The molecule has 0 radical (unpaired) electrons. The molecule has 4 rings (SSSR count). The van der Waals surface area contributed by atoms with E-state index in [1.807, 2.05) is 0 Å². The Morgan fingerprint density at radius 1 is 1.13 bits per heavy atom. The number of nitrogens with zero attached hydrogens (tertiary/aromatic N) is 5. The number of hydrogen-bond donors (Lipinski definition) is 0. The molecule has 30 heavy (non-hydrogen) atoms. The molecule has 154 valence electrons. The average molecular weight is 442 g/mol. The van der Waals surface area contributed by atoms with E-state index in [1.54, 1.807) is 4.52 Å². The number of aromatic nitrogens is 4. The summed E-state index contributed by atoms with van der Waals surface area (Å²) >= 11 is 7.58. The second-order valence-corrected chi connectivity index (χ2v) is 9.01. The SMILES string of the molecule is CC(C)Cc1ccc(C(C)c2nnc3sc(-c4cc([N+](=O)[O-])ccc4Cl)nn23)cc1. The van der Waals surface area contributed by atoms with Gasteiger partial charge in [0.25, 0.3) is 5.69 Å². The third kappa shape index (κ3) is 3.93. The molecule has 2 heterocycles. The van der Waals surface area contributed by atoms with Crippen molar-refractivity contribution in [3.05, 3.63) is 74.6 Å². The minimum absolute atomic E-state index is 0.0105. The first-order chi connectivity index (χ1) is 14.3. The van der Waals surface area contributed by atoms with Crippen LogP contribution in [0.15, 0.2) is 42.5 Å². The van der Waals surface area contributed by atoms with Gasteiger partial charge >= 0.3 is 0 Å². The molecule has 0 fully saturated rings. The zero-order valence-corrected chi connectivity index (χ0v) is 18.3. The molecular formula is C21H20ClN5O2S. The van der Waals surface area contributed by atoms with E-state index in [-0.39, 0.29) is 11.6 Å². The van der Waals surface area contributed by atoms with E-state index in [0.717, 1.165) is 12.0 Å². The molecule has 0 saturated carbocycles.